The second kappa shape index (κ2) is 5.38. The first-order valence-electron chi connectivity index (χ1n) is 6.15. The Hall–Kier alpha value is -2.66. The minimum Gasteiger partial charge on any atom is -0.478 e. The van der Waals surface area contributed by atoms with E-state index in [0.29, 0.717) is 22.1 Å². The first-order valence-corrected chi connectivity index (χ1v) is 6.53. The Morgan fingerprint density at radius 2 is 2.05 bits per heavy atom. The number of nitrogens with zero attached hydrogens (tertiary/aromatic N) is 3. The van der Waals surface area contributed by atoms with Gasteiger partial charge < -0.3 is 5.11 Å². The van der Waals surface area contributed by atoms with Gasteiger partial charge in [-0.1, -0.05) is 23.7 Å². The second-order valence-corrected chi connectivity index (χ2v) is 4.77. The zero-order valence-electron chi connectivity index (χ0n) is 10.8. The van der Waals surface area contributed by atoms with Crippen molar-refractivity contribution < 1.29 is 9.90 Å². The Labute approximate surface area is 125 Å². The fourth-order valence-electron chi connectivity index (χ4n) is 1.97. The highest BCUT2D eigenvalue weighted by Crippen LogP contribution is 2.22. The van der Waals surface area contributed by atoms with E-state index in [9.17, 15) is 9.90 Å². The summed E-state index contributed by atoms with van der Waals surface area (Å²) in [6, 6.07) is 12.3. The lowest BCUT2D eigenvalue weighted by Gasteiger charge is -2.01. The molecule has 6 heteroatoms. The van der Waals surface area contributed by atoms with Gasteiger partial charge in [-0.15, -0.1) is 0 Å². The minimum absolute atomic E-state index is 0.0914. The van der Waals surface area contributed by atoms with Gasteiger partial charge in [0.25, 0.3) is 0 Å². The van der Waals surface area contributed by atoms with Crippen molar-refractivity contribution in [3.63, 3.8) is 0 Å². The van der Waals surface area contributed by atoms with Crippen LogP contribution in [0.5, 0.6) is 0 Å². The van der Waals surface area contributed by atoms with E-state index in [2.05, 4.69) is 10.1 Å². The molecule has 3 rings (SSSR count). The molecule has 0 radical (unpaired) electrons. The lowest BCUT2D eigenvalue weighted by atomic mass is 10.2. The van der Waals surface area contributed by atoms with Crippen LogP contribution in [0, 0.1) is 0 Å². The first kappa shape index (κ1) is 13.3. The van der Waals surface area contributed by atoms with Crippen molar-refractivity contribution in [2.45, 2.75) is 0 Å². The SMILES string of the molecule is O=C(O)c1cn(-c2cccc(Cl)c2)nc1-c1ccccn1. The fourth-order valence-corrected chi connectivity index (χ4v) is 2.16. The van der Waals surface area contributed by atoms with Crippen LogP contribution in [0.4, 0.5) is 0 Å². The van der Waals surface area contributed by atoms with E-state index in [1.165, 1.54) is 10.9 Å². The molecule has 0 atom stereocenters. The van der Waals surface area contributed by atoms with E-state index in [1.54, 1.807) is 48.7 Å². The van der Waals surface area contributed by atoms with Gasteiger partial charge in [0, 0.05) is 17.4 Å². The summed E-state index contributed by atoms with van der Waals surface area (Å²) in [6.07, 6.45) is 3.05. The van der Waals surface area contributed by atoms with Crippen molar-refractivity contribution in [1.82, 2.24) is 14.8 Å². The summed E-state index contributed by atoms with van der Waals surface area (Å²) in [5.74, 6) is -1.05. The van der Waals surface area contributed by atoms with Gasteiger partial charge in [0.1, 0.15) is 11.3 Å². The molecule has 1 aromatic carbocycles. The zero-order chi connectivity index (χ0) is 14.8. The smallest absolute Gasteiger partial charge is 0.339 e. The Kier molecular flexibility index (Phi) is 3.41. The van der Waals surface area contributed by atoms with Gasteiger partial charge in [0.15, 0.2) is 0 Å². The highest BCUT2D eigenvalue weighted by Gasteiger charge is 2.18. The number of pyridine rings is 1. The predicted octanol–water partition coefficient (Wildman–Crippen LogP) is 3.29. The van der Waals surface area contributed by atoms with Crippen molar-refractivity contribution in [3.05, 3.63) is 65.4 Å². The van der Waals surface area contributed by atoms with Crippen LogP contribution >= 0.6 is 11.6 Å². The average molecular weight is 300 g/mol. The first-order chi connectivity index (χ1) is 10.1. The summed E-state index contributed by atoms with van der Waals surface area (Å²) in [5, 5.41) is 14.2. The van der Waals surface area contributed by atoms with E-state index in [0.717, 1.165) is 0 Å². The number of aromatic nitrogens is 3. The van der Waals surface area contributed by atoms with E-state index < -0.39 is 5.97 Å². The molecule has 0 saturated heterocycles. The van der Waals surface area contributed by atoms with E-state index >= 15 is 0 Å². The van der Waals surface area contributed by atoms with Crippen molar-refractivity contribution in [3.8, 4) is 17.1 Å². The zero-order valence-corrected chi connectivity index (χ0v) is 11.5. The number of hydrogen-bond acceptors (Lipinski definition) is 3. The van der Waals surface area contributed by atoms with Gasteiger partial charge in [-0.05, 0) is 30.3 Å². The molecule has 1 N–H and O–H groups in total. The van der Waals surface area contributed by atoms with Crippen molar-refractivity contribution >= 4 is 17.6 Å². The summed E-state index contributed by atoms with van der Waals surface area (Å²) in [5.41, 5.74) is 1.61. The molecule has 3 aromatic rings. The Morgan fingerprint density at radius 3 is 2.71 bits per heavy atom. The highest BCUT2D eigenvalue weighted by atomic mass is 35.5. The Bertz CT molecular complexity index is 800. The molecular formula is C15H10ClN3O2. The summed E-state index contributed by atoms with van der Waals surface area (Å²) < 4.78 is 1.49. The normalized spacial score (nSPS) is 10.5. The quantitative estimate of drug-likeness (QED) is 0.806. The fraction of sp³-hybridized carbons (Fsp3) is 0. The molecule has 0 unspecified atom stereocenters. The average Bonchev–Trinajstić information content (AvgIpc) is 2.93. The molecule has 0 fully saturated rings. The van der Waals surface area contributed by atoms with E-state index in [4.69, 9.17) is 11.6 Å². The molecule has 21 heavy (non-hydrogen) atoms. The molecule has 0 aliphatic rings. The molecule has 2 heterocycles. The molecule has 0 saturated carbocycles. The van der Waals surface area contributed by atoms with E-state index in [-0.39, 0.29) is 5.56 Å². The number of halogens is 1. The summed E-state index contributed by atoms with van der Waals surface area (Å²) >= 11 is 5.95. The third-order valence-electron chi connectivity index (χ3n) is 2.92. The third-order valence-corrected chi connectivity index (χ3v) is 3.16. The topological polar surface area (TPSA) is 68.0 Å². The lowest BCUT2D eigenvalue weighted by molar-refractivity contribution is 0.0697. The van der Waals surface area contributed by atoms with Crippen LogP contribution in [-0.4, -0.2) is 25.8 Å². The number of rotatable bonds is 3. The molecule has 2 aromatic heterocycles. The van der Waals surface area contributed by atoms with Crippen LogP contribution in [0.25, 0.3) is 17.1 Å². The summed E-state index contributed by atoms with van der Waals surface area (Å²) in [4.78, 5) is 15.6. The number of carboxylic acids is 1. The molecular weight excluding hydrogens is 290 g/mol. The Balaban J connectivity index is 2.15. The molecule has 0 spiro atoms. The minimum atomic E-state index is -1.05. The number of benzene rings is 1. The number of hydrogen-bond donors (Lipinski definition) is 1. The molecule has 0 aliphatic carbocycles. The number of carboxylic acid groups (broad SMARTS) is 1. The maximum Gasteiger partial charge on any atom is 0.339 e. The monoisotopic (exact) mass is 299 g/mol. The third kappa shape index (κ3) is 2.64. The molecule has 104 valence electrons. The van der Waals surface area contributed by atoms with Gasteiger partial charge in [0.05, 0.1) is 11.4 Å². The summed E-state index contributed by atoms with van der Waals surface area (Å²) in [6.45, 7) is 0. The van der Waals surface area contributed by atoms with Gasteiger partial charge in [0.2, 0.25) is 0 Å². The van der Waals surface area contributed by atoms with Crippen LogP contribution in [0.3, 0.4) is 0 Å². The van der Waals surface area contributed by atoms with E-state index in [1.807, 2.05) is 0 Å². The largest absolute Gasteiger partial charge is 0.478 e. The van der Waals surface area contributed by atoms with Crippen molar-refractivity contribution in [2.24, 2.45) is 0 Å². The molecule has 5 nitrogen and oxygen atoms in total. The maximum atomic E-state index is 11.4. The van der Waals surface area contributed by atoms with Gasteiger partial charge >= 0.3 is 5.97 Å². The number of carbonyl (C=O) groups is 1. The molecule has 0 bridgehead atoms. The van der Waals surface area contributed by atoms with Crippen LogP contribution < -0.4 is 0 Å². The standard InChI is InChI=1S/C15H10ClN3O2/c16-10-4-3-5-11(8-10)19-9-12(15(20)21)14(18-19)13-6-1-2-7-17-13/h1-9H,(H,20,21). The second-order valence-electron chi connectivity index (χ2n) is 4.34. The van der Waals surface area contributed by atoms with Crippen LogP contribution in [0.1, 0.15) is 10.4 Å². The highest BCUT2D eigenvalue weighted by molar-refractivity contribution is 6.30. The van der Waals surface area contributed by atoms with Gasteiger partial charge in [-0.2, -0.15) is 5.10 Å². The molecule has 0 amide bonds. The maximum absolute atomic E-state index is 11.4. The summed E-state index contributed by atoms with van der Waals surface area (Å²) in [7, 11) is 0. The lowest BCUT2D eigenvalue weighted by Crippen LogP contribution is -1.97. The van der Waals surface area contributed by atoms with Crippen molar-refractivity contribution in [2.75, 3.05) is 0 Å². The van der Waals surface area contributed by atoms with Crippen LogP contribution in [0.2, 0.25) is 5.02 Å². The van der Waals surface area contributed by atoms with Gasteiger partial charge in [-0.3, -0.25) is 4.98 Å². The predicted molar refractivity (Wildman–Crippen MR) is 78.8 cm³/mol. The van der Waals surface area contributed by atoms with Crippen LogP contribution in [-0.2, 0) is 0 Å². The number of aromatic carboxylic acids is 1. The van der Waals surface area contributed by atoms with Gasteiger partial charge in [-0.25, -0.2) is 9.48 Å². The van der Waals surface area contributed by atoms with Crippen LogP contribution in [0.15, 0.2) is 54.9 Å². The Morgan fingerprint density at radius 1 is 1.19 bits per heavy atom. The van der Waals surface area contributed by atoms with Crippen molar-refractivity contribution in [1.29, 1.82) is 0 Å². The molecule has 0 aliphatic heterocycles.